The first-order valence-electron chi connectivity index (χ1n) is 3.32. The molecule has 0 radical (unpaired) electrons. The Morgan fingerprint density at radius 2 is 2.09 bits per heavy atom. The summed E-state index contributed by atoms with van der Waals surface area (Å²) in [6.45, 7) is 6.37. The van der Waals surface area contributed by atoms with E-state index in [4.69, 9.17) is 10.2 Å². The molecule has 0 heterocycles. The van der Waals surface area contributed by atoms with Crippen molar-refractivity contribution in [1.29, 1.82) is 0 Å². The molecular weight excluding hydrogens is 146 g/mol. The van der Waals surface area contributed by atoms with Gasteiger partial charge in [-0.15, -0.1) is 0 Å². The van der Waals surface area contributed by atoms with Crippen LogP contribution in [0.5, 0.6) is 0 Å². The molecule has 0 rings (SSSR count). The van der Waals surface area contributed by atoms with Gasteiger partial charge in [-0.25, -0.2) is 0 Å². The van der Waals surface area contributed by atoms with E-state index in [1.165, 1.54) is 6.92 Å². The van der Waals surface area contributed by atoms with E-state index in [1.54, 1.807) is 6.92 Å². The molecular formula is C7H13NO3. The fourth-order valence-electron chi connectivity index (χ4n) is 0.377. The van der Waals surface area contributed by atoms with Gasteiger partial charge >= 0.3 is 0 Å². The van der Waals surface area contributed by atoms with Crippen molar-refractivity contribution in [3.05, 3.63) is 12.2 Å². The Hall–Kier alpha value is -0.870. The number of hydrogen-bond donors (Lipinski definition) is 3. The number of hydrogen-bond acceptors (Lipinski definition) is 3. The molecule has 0 aliphatic carbocycles. The Morgan fingerprint density at radius 3 is 2.36 bits per heavy atom. The van der Waals surface area contributed by atoms with E-state index < -0.39 is 11.8 Å². The highest BCUT2D eigenvalue weighted by Crippen LogP contribution is 2.00. The van der Waals surface area contributed by atoms with Crippen molar-refractivity contribution >= 4 is 5.91 Å². The first kappa shape index (κ1) is 10.1. The first-order valence-corrected chi connectivity index (χ1v) is 3.32. The monoisotopic (exact) mass is 159 g/mol. The molecule has 0 saturated carbocycles. The van der Waals surface area contributed by atoms with E-state index in [2.05, 4.69) is 6.58 Å². The molecule has 0 saturated heterocycles. The summed E-state index contributed by atoms with van der Waals surface area (Å²) in [5, 5.41) is 19.8. The Morgan fingerprint density at radius 1 is 1.64 bits per heavy atom. The summed E-state index contributed by atoms with van der Waals surface area (Å²) < 4.78 is 0. The minimum atomic E-state index is -2.12. The van der Waals surface area contributed by atoms with Gasteiger partial charge in [-0.1, -0.05) is 13.5 Å². The van der Waals surface area contributed by atoms with Gasteiger partial charge in [0, 0.05) is 12.0 Å². The Kier molecular flexibility index (Phi) is 3.22. The predicted molar refractivity (Wildman–Crippen MR) is 40.4 cm³/mol. The second-order valence-electron chi connectivity index (χ2n) is 2.40. The summed E-state index contributed by atoms with van der Waals surface area (Å²) >= 11 is 0. The lowest BCUT2D eigenvalue weighted by Crippen LogP contribution is -2.47. The van der Waals surface area contributed by atoms with Crippen LogP contribution >= 0.6 is 0 Å². The van der Waals surface area contributed by atoms with Crippen LogP contribution in [0.3, 0.4) is 0 Å². The smallest absolute Gasteiger partial charge is 0.250 e. The number of carbonyl (C=O) groups is 1. The molecule has 4 heteroatoms. The molecule has 64 valence electrons. The Bertz CT molecular complexity index is 175. The maximum absolute atomic E-state index is 10.8. The van der Waals surface area contributed by atoms with Crippen LogP contribution in [-0.4, -0.2) is 22.0 Å². The summed E-state index contributed by atoms with van der Waals surface area (Å²) in [6.07, 6.45) is 0.0337. The average Bonchev–Trinajstić information content (AvgIpc) is 1.87. The lowest BCUT2D eigenvalue weighted by Gasteiger charge is -2.20. The molecule has 4 nitrogen and oxygen atoms in total. The van der Waals surface area contributed by atoms with E-state index in [0.29, 0.717) is 0 Å². The third kappa shape index (κ3) is 3.75. The van der Waals surface area contributed by atoms with Crippen LogP contribution in [0.2, 0.25) is 0 Å². The van der Waals surface area contributed by atoms with Crippen molar-refractivity contribution in [2.45, 2.75) is 26.2 Å². The lowest BCUT2D eigenvalue weighted by molar-refractivity contribution is -0.189. The highest BCUT2D eigenvalue weighted by atomic mass is 16.5. The normalized spacial score (nSPS) is 10.9. The number of rotatable bonds is 3. The van der Waals surface area contributed by atoms with Crippen LogP contribution in [0.15, 0.2) is 12.2 Å². The van der Waals surface area contributed by atoms with Gasteiger partial charge in [0.05, 0.1) is 0 Å². The van der Waals surface area contributed by atoms with E-state index in [1.807, 2.05) is 5.32 Å². The molecule has 11 heavy (non-hydrogen) atoms. The second kappa shape index (κ2) is 3.50. The van der Waals surface area contributed by atoms with Gasteiger partial charge in [0.2, 0.25) is 11.8 Å². The van der Waals surface area contributed by atoms with Crippen LogP contribution in [0.4, 0.5) is 0 Å². The number of aliphatic hydroxyl groups is 2. The molecule has 0 bridgehead atoms. The third-order valence-electron chi connectivity index (χ3n) is 1.19. The number of nitrogens with one attached hydrogen (secondary N) is 1. The summed E-state index contributed by atoms with van der Waals surface area (Å²) in [6, 6.07) is 0. The summed E-state index contributed by atoms with van der Waals surface area (Å²) in [5.41, 5.74) is 0.242. The van der Waals surface area contributed by atoms with Crippen LogP contribution < -0.4 is 5.32 Å². The van der Waals surface area contributed by atoms with Crippen molar-refractivity contribution in [2.24, 2.45) is 0 Å². The van der Waals surface area contributed by atoms with Gasteiger partial charge in [-0.2, -0.15) is 0 Å². The molecule has 1 amide bonds. The number of carbonyl (C=O) groups excluding carboxylic acids is 1. The first-order chi connectivity index (χ1) is 4.89. The number of amides is 1. The molecule has 0 fully saturated rings. The largest absolute Gasteiger partial charge is 0.349 e. The summed E-state index contributed by atoms with van der Waals surface area (Å²) in [4.78, 5) is 10.8. The lowest BCUT2D eigenvalue weighted by atomic mass is 10.3. The van der Waals surface area contributed by atoms with Gasteiger partial charge in [0.1, 0.15) is 0 Å². The Balaban J connectivity index is 4.04. The second-order valence-corrected chi connectivity index (χ2v) is 2.40. The van der Waals surface area contributed by atoms with Gasteiger partial charge in [-0.3, -0.25) is 4.79 Å². The molecule has 0 aromatic carbocycles. The molecule has 3 N–H and O–H groups in total. The van der Waals surface area contributed by atoms with Gasteiger partial charge in [0.15, 0.2) is 0 Å². The molecule has 0 aromatic heterocycles. The van der Waals surface area contributed by atoms with Crippen LogP contribution in [-0.2, 0) is 4.79 Å². The quantitative estimate of drug-likeness (QED) is 0.392. The van der Waals surface area contributed by atoms with Crippen molar-refractivity contribution in [1.82, 2.24) is 5.32 Å². The highest BCUT2D eigenvalue weighted by molar-refractivity contribution is 5.92. The van der Waals surface area contributed by atoms with Crippen LogP contribution in [0, 0.1) is 0 Å². The van der Waals surface area contributed by atoms with Gasteiger partial charge < -0.3 is 15.5 Å². The minimum absolute atomic E-state index is 0.0337. The standard InChI is InChI=1S/C7H13NO3/c1-4-7(10,11)8-6(9)5(2)3/h10-11H,2,4H2,1,3H3,(H,8,9). The summed E-state index contributed by atoms with van der Waals surface area (Å²) in [5.74, 6) is -2.67. The average molecular weight is 159 g/mol. The molecule has 0 aromatic rings. The van der Waals surface area contributed by atoms with Gasteiger partial charge in [-0.05, 0) is 6.92 Å². The molecule has 0 unspecified atom stereocenters. The fraction of sp³-hybridized carbons (Fsp3) is 0.571. The third-order valence-corrected chi connectivity index (χ3v) is 1.19. The van der Waals surface area contributed by atoms with E-state index in [9.17, 15) is 4.79 Å². The zero-order chi connectivity index (χ0) is 9.07. The maximum Gasteiger partial charge on any atom is 0.250 e. The molecule has 0 atom stereocenters. The Labute approximate surface area is 65.5 Å². The van der Waals surface area contributed by atoms with Crippen LogP contribution in [0.1, 0.15) is 20.3 Å². The predicted octanol–water partition coefficient (Wildman–Crippen LogP) is -0.273. The maximum atomic E-state index is 10.8. The highest BCUT2D eigenvalue weighted by Gasteiger charge is 2.22. The minimum Gasteiger partial charge on any atom is -0.349 e. The zero-order valence-corrected chi connectivity index (χ0v) is 6.72. The van der Waals surface area contributed by atoms with Crippen molar-refractivity contribution in [3.8, 4) is 0 Å². The zero-order valence-electron chi connectivity index (χ0n) is 6.72. The molecule has 0 aliphatic rings. The molecule has 0 aliphatic heterocycles. The van der Waals surface area contributed by atoms with E-state index in [-0.39, 0.29) is 12.0 Å². The summed E-state index contributed by atoms with van der Waals surface area (Å²) in [7, 11) is 0. The van der Waals surface area contributed by atoms with Crippen LogP contribution in [0.25, 0.3) is 0 Å². The topological polar surface area (TPSA) is 69.6 Å². The van der Waals surface area contributed by atoms with E-state index in [0.717, 1.165) is 0 Å². The van der Waals surface area contributed by atoms with Crippen molar-refractivity contribution in [3.63, 3.8) is 0 Å². The van der Waals surface area contributed by atoms with Gasteiger partial charge in [0.25, 0.3) is 0 Å². The van der Waals surface area contributed by atoms with Crippen molar-refractivity contribution in [2.75, 3.05) is 0 Å². The SMILES string of the molecule is C=C(C)C(=O)NC(O)(O)CC. The molecule has 0 spiro atoms. The van der Waals surface area contributed by atoms with Crippen molar-refractivity contribution < 1.29 is 15.0 Å². The fourth-order valence-corrected chi connectivity index (χ4v) is 0.377. The van der Waals surface area contributed by atoms with E-state index >= 15 is 0 Å².